The first-order valence-electron chi connectivity index (χ1n) is 11.1. The fraction of sp³-hybridized carbons (Fsp3) is 0.185. The van der Waals surface area contributed by atoms with E-state index in [0.717, 1.165) is 22.6 Å². The third-order valence-corrected chi connectivity index (χ3v) is 5.91. The van der Waals surface area contributed by atoms with E-state index >= 15 is 0 Å². The van der Waals surface area contributed by atoms with Gasteiger partial charge < -0.3 is 19.5 Å². The van der Waals surface area contributed by atoms with E-state index in [1.165, 1.54) is 0 Å². The number of para-hydroxylation sites is 2. The molecule has 0 bridgehead atoms. The topological polar surface area (TPSA) is 74.6 Å². The van der Waals surface area contributed by atoms with Crippen molar-refractivity contribution in [2.45, 2.75) is 12.5 Å². The van der Waals surface area contributed by atoms with Crippen LogP contribution in [0.1, 0.15) is 28.5 Å². The zero-order valence-corrected chi connectivity index (χ0v) is 19.0. The highest BCUT2D eigenvalue weighted by atomic mass is 16.5. The molecule has 1 N–H and O–H groups in total. The van der Waals surface area contributed by atoms with Gasteiger partial charge in [-0.1, -0.05) is 42.5 Å². The summed E-state index contributed by atoms with van der Waals surface area (Å²) >= 11 is 0. The molecule has 1 aliphatic rings. The molecule has 0 aliphatic carbocycles. The van der Waals surface area contributed by atoms with Gasteiger partial charge in [-0.3, -0.25) is 4.79 Å². The first-order chi connectivity index (χ1) is 16.7. The molecular weight excluding hydrogens is 430 g/mol. The van der Waals surface area contributed by atoms with Crippen LogP contribution in [0.15, 0.2) is 79.0 Å². The molecule has 7 heteroatoms. The fourth-order valence-electron chi connectivity index (χ4n) is 4.19. The molecule has 1 unspecified atom stereocenters. The number of rotatable bonds is 6. The Morgan fingerprint density at radius 3 is 2.56 bits per heavy atom. The molecule has 0 radical (unpaired) electrons. The van der Waals surface area contributed by atoms with Crippen molar-refractivity contribution in [3.05, 3.63) is 90.3 Å². The molecule has 34 heavy (non-hydrogen) atoms. The molecule has 0 fully saturated rings. The summed E-state index contributed by atoms with van der Waals surface area (Å²) in [6.07, 6.45) is 2.55. The van der Waals surface area contributed by atoms with Gasteiger partial charge in [-0.2, -0.15) is 5.10 Å². The van der Waals surface area contributed by atoms with Crippen LogP contribution in [0.25, 0.3) is 16.8 Å². The predicted octanol–water partition coefficient (Wildman–Crippen LogP) is 4.81. The minimum atomic E-state index is -0.249. The van der Waals surface area contributed by atoms with E-state index in [2.05, 4.69) is 10.4 Å². The minimum Gasteiger partial charge on any atom is -0.493 e. The van der Waals surface area contributed by atoms with Crippen LogP contribution in [0, 0.1) is 0 Å². The van der Waals surface area contributed by atoms with Crippen LogP contribution in [0.4, 0.5) is 0 Å². The molecule has 2 heterocycles. The largest absolute Gasteiger partial charge is 0.493 e. The Bertz CT molecular complexity index is 1320. The van der Waals surface area contributed by atoms with Crippen molar-refractivity contribution in [1.82, 2.24) is 15.1 Å². The summed E-state index contributed by atoms with van der Waals surface area (Å²) in [7, 11) is 3.18. The van der Waals surface area contributed by atoms with E-state index in [1.807, 2.05) is 79.0 Å². The Morgan fingerprint density at radius 1 is 1.00 bits per heavy atom. The molecule has 7 nitrogen and oxygen atoms in total. The van der Waals surface area contributed by atoms with E-state index in [0.29, 0.717) is 35.8 Å². The maximum absolute atomic E-state index is 13.6. The van der Waals surface area contributed by atoms with Crippen molar-refractivity contribution in [1.29, 1.82) is 0 Å². The van der Waals surface area contributed by atoms with Gasteiger partial charge in [0.15, 0.2) is 17.2 Å². The molecule has 3 aromatic carbocycles. The molecule has 5 rings (SSSR count). The molecule has 172 valence electrons. The average Bonchev–Trinajstić information content (AvgIpc) is 3.35. The molecule has 1 aliphatic heterocycles. The number of carbonyl (C=O) groups excluding carboxylic acids is 1. The highest BCUT2D eigenvalue weighted by molar-refractivity contribution is 5.99. The van der Waals surface area contributed by atoms with E-state index in [4.69, 9.17) is 14.2 Å². The van der Waals surface area contributed by atoms with Gasteiger partial charge in [0.25, 0.3) is 5.91 Å². The standard InChI is InChI=1S/C27H25N3O4/c1-32-24-13-12-18(16-25(24)33-2)21-17-30(19-8-4-3-5-9-19)29-26(21)27(31)28-22-14-15-34-23-11-7-6-10-20(22)23/h3-13,16-17,22H,14-15H2,1-2H3,(H,28,31). The summed E-state index contributed by atoms with van der Waals surface area (Å²) in [4.78, 5) is 13.6. The van der Waals surface area contributed by atoms with Crippen molar-refractivity contribution in [2.75, 3.05) is 20.8 Å². The van der Waals surface area contributed by atoms with E-state index in [-0.39, 0.29) is 11.9 Å². The molecule has 0 saturated heterocycles. The van der Waals surface area contributed by atoms with Gasteiger partial charge in [0, 0.05) is 23.7 Å². The van der Waals surface area contributed by atoms with E-state index in [1.54, 1.807) is 18.9 Å². The zero-order chi connectivity index (χ0) is 23.5. The van der Waals surface area contributed by atoms with E-state index in [9.17, 15) is 4.79 Å². The third-order valence-electron chi connectivity index (χ3n) is 5.91. The van der Waals surface area contributed by atoms with Crippen molar-refractivity contribution in [3.8, 4) is 34.1 Å². The van der Waals surface area contributed by atoms with Crippen LogP contribution in [0.5, 0.6) is 17.2 Å². The average molecular weight is 456 g/mol. The van der Waals surface area contributed by atoms with Crippen molar-refractivity contribution < 1.29 is 19.0 Å². The maximum Gasteiger partial charge on any atom is 0.272 e. The summed E-state index contributed by atoms with van der Waals surface area (Å²) in [5.74, 6) is 1.75. The summed E-state index contributed by atoms with van der Waals surface area (Å²) < 4.78 is 18.3. The van der Waals surface area contributed by atoms with Gasteiger partial charge in [-0.25, -0.2) is 4.68 Å². The molecule has 0 spiro atoms. The Labute approximate surface area is 197 Å². The van der Waals surface area contributed by atoms with Crippen LogP contribution in [-0.4, -0.2) is 36.5 Å². The third kappa shape index (κ3) is 4.08. The lowest BCUT2D eigenvalue weighted by molar-refractivity contribution is 0.0920. The predicted molar refractivity (Wildman–Crippen MR) is 129 cm³/mol. The first-order valence-corrected chi connectivity index (χ1v) is 11.1. The summed E-state index contributed by atoms with van der Waals surface area (Å²) in [6.45, 7) is 0.545. The smallest absolute Gasteiger partial charge is 0.272 e. The van der Waals surface area contributed by atoms with Crippen molar-refractivity contribution in [2.24, 2.45) is 0 Å². The summed E-state index contributed by atoms with van der Waals surface area (Å²) in [5, 5.41) is 7.84. The minimum absolute atomic E-state index is 0.155. The fourth-order valence-corrected chi connectivity index (χ4v) is 4.19. The second kappa shape index (κ2) is 9.31. The number of benzene rings is 3. The van der Waals surface area contributed by atoms with Gasteiger partial charge in [0.2, 0.25) is 0 Å². The van der Waals surface area contributed by atoms with Gasteiger partial charge >= 0.3 is 0 Å². The zero-order valence-electron chi connectivity index (χ0n) is 19.0. The number of hydrogen-bond donors (Lipinski definition) is 1. The summed E-state index contributed by atoms with van der Waals surface area (Å²) in [6, 6.07) is 22.9. The lowest BCUT2D eigenvalue weighted by Crippen LogP contribution is -2.32. The van der Waals surface area contributed by atoms with Gasteiger partial charge in [-0.15, -0.1) is 0 Å². The van der Waals surface area contributed by atoms with Crippen LogP contribution < -0.4 is 19.5 Å². The number of methoxy groups -OCH3 is 2. The Hall–Kier alpha value is -4.26. The molecule has 4 aromatic rings. The molecule has 1 amide bonds. The summed E-state index contributed by atoms with van der Waals surface area (Å²) in [5.41, 5.74) is 3.66. The number of nitrogens with zero attached hydrogens (tertiary/aromatic N) is 2. The number of nitrogens with one attached hydrogen (secondary N) is 1. The molecule has 1 aromatic heterocycles. The highest BCUT2D eigenvalue weighted by Crippen LogP contribution is 2.35. The maximum atomic E-state index is 13.6. The van der Waals surface area contributed by atoms with Gasteiger partial charge in [-0.05, 0) is 35.9 Å². The number of ether oxygens (including phenoxy) is 3. The Kier molecular flexibility index (Phi) is 5.91. The second-order valence-electron chi connectivity index (χ2n) is 7.94. The normalized spacial score (nSPS) is 14.6. The Morgan fingerprint density at radius 2 is 1.76 bits per heavy atom. The second-order valence-corrected chi connectivity index (χ2v) is 7.94. The van der Waals surface area contributed by atoms with Crippen LogP contribution in [-0.2, 0) is 0 Å². The Balaban J connectivity index is 1.55. The van der Waals surface area contributed by atoms with Gasteiger partial charge in [0.05, 0.1) is 32.6 Å². The molecular formula is C27H25N3O4. The number of amides is 1. The quantitative estimate of drug-likeness (QED) is 0.452. The lowest BCUT2D eigenvalue weighted by Gasteiger charge is -2.26. The number of fused-ring (bicyclic) bond motifs is 1. The van der Waals surface area contributed by atoms with E-state index < -0.39 is 0 Å². The van der Waals surface area contributed by atoms with Crippen molar-refractivity contribution >= 4 is 5.91 Å². The monoisotopic (exact) mass is 455 g/mol. The number of aromatic nitrogens is 2. The highest BCUT2D eigenvalue weighted by Gasteiger charge is 2.26. The lowest BCUT2D eigenvalue weighted by atomic mass is 10.00. The van der Waals surface area contributed by atoms with Crippen molar-refractivity contribution in [3.63, 3.8) is 0 Å². The first kappa shape index (κ1) is 21.6. The molecule has 1 atom stereocenters. The SMILES string of the molecule is COc1ccc(-c2cn(-c3ccccc3)nc2C(=O)NC2CCOc3ccccc32)cc1OC. The number of carbonyl (C=O) groups is 1. The van der Waals surface area contributed by atoms with Crippen LogP contribution in [0.3, 0.4) is 0 Å². The molecule has 0 saturated carbocycles. The van der Waals surface area contributed by atoms with Gasteiger partial charge in [0.1, 0.15) is 5.75 Å². The number of hydrogen-bond acceptors (Lipinski definition) is 5. The van der Waals surface area contributed by atoms with Crippen LogP contribution >= 0.6 is 0 Å². The van der Waals surface area contributed by atoms with Crippen LogP contribution in [0.2, 0.25) is 0 Å².